The van der Waals surface area contributed by atoms with Crippen LogP contribution in [0.3, 0.4) is 0 Å². The molecular weight excluding hydrogens is 926 g/mol. The topological polar surface area (TPSA) is 303 Å². The highest BCUT2D eigenvalue weighted by Crippen LogP contribution is 2.37. The van der Waals surface area contributed by atoms with E-state index in [0.717, 1.165) is 62.3 Å². The molecule has 69 heavy (non-hydrogen) atoms. The SMILES string of the molecule is CC(=O)OC[C@H]1CN(C(=O)OCc2ccccc2)C[C@@H](OC(C)=O)[C@@H]1O[C@@H]1O[C@H](COC(C)=O)[C@@H](O[C@@H]2O[C@H](COC(C)=O)[C@@H](OC(C)=O)[C@H](OC(C)=O)[C@H]2OC(C)=O)[C@H](OC(C)=O)[C@H]1OC(C)=O. The Kier molecular flexibility index (Phi) is 20.6. The van der Waals surface area contributed by atoms with E-state index < -0.39 is 159 Å². The first kappa shape index (κ1) is 55.2. The van der Waals surface area contributed by atoms with Crippen molar-refractivity contribution in [2.75, 3.05) is 32.9 Å². The lowest BCUT2D eigenvalue weighted by molar-refractivity contribution is -0.368. The Morgan fingerprint density at radius 1 is 0.449 bits per heavy atom. The van der Waals surface area contributed by atoms with E-state index in [1.807, 2.05) is 0 Å². The third-order valence-corrected chi connectivity index (χ3v) is 10.1. The average molecular weight is 984 g/mol. The maximum absolute atomic E-state index is 13.5. The molecule has 0 aromatic heterocycles. The number of ether oxygens (including phenoxy) is 14. The van der Waals surface area contributed by atoms with Gasteiger partial charge in [-0.05, 0) is 5.56 Å². The van der Waals surface area contributed by atoms with Gasteiger partial charge in [0.05, 0.1) is 13.2 Å². The fourth-order valence-corrected chi connectivity index (χ4v) is 7.67. The minimum atomic E-state index is -1.94. The molecule has 1 aromatic rings. The number of carbonyl (C=O) groups excluding carboxylic acids is 10. The maximum atomic E-state index is 13.5. The predicted molar refractivity (Wildman–Crippen MR) is 222 cm³/mol. The van der Waals surface area contributed by atoms with E-state index in [9.17, 15) is 47.9 Å². The Hall–Kier alpha value is -6.44. The molecule has 3 aliphatic heterocycles. The van der Waals surface area contributed by atoms with Crippen LogP contribution in [0.25, 0.3) is 0 Å². The van der Waals surface area contributed by atoms with Gasteiger partial charge in [0, 0.05) is 74.8 Å². The van der Waals surface area contributed by atoms with Crippen molar-refractivity contribution in [3.8, 4) is 0 Å². The maximum Gasteiger partial charge on any atom is 0.410 e. The van der Waals surface area contributed by atoms with Crippen molar-refractivity contribution in [2.24, 2.45) is 5.92 Å². The third kappa shape index (κ3) is 16.9. The van der Waals surface area contributed by atoms with Crippen LogP contribution < -0.4 is 0 Å². The van der Waals surface area contributed by atoms with Gasteiger partial charge in [-0.3, -0.25) is 43.2 Å². The van der Waals surface area contributed by atoms with E-state index in [1.54, 1.807) is 30.3 Å². The molecular formula is C44H57NO24. The van der Waals surface area contributed by atoms with Crippen LogP contribution in [0.15, 0.2) is 30.3 Å². The van der Waals surface area contributed by atoms with Crippen molar-refractivity contribution in [3.05, 3.63) is 35.9 Å². The number of hydrogen-bond donors (Lipinski definition) is 0. The Morgan fingerprint density at radius 3 is 1.32 bits per heavy atom. The number of hydrogen-bond acceptors (Lipinski definition) is 24. The van der Waals surface area contributed by atoms with E-state index >= 15 is 0 Å². The molecule has 1 amide bonds. The largest absolute Gasteiger partial charge is 0.465 e. The summed E-state index contributed by atoms with van der Waals surface area (Å²) in [5.74, 6) is -9.13. The van der Waals surface area contributed by atoms with Crippen LogP contribution in [0.5, 0.6) is 0 Å². The molecule has 0 spiro atoms. The molecule has 0 radical (unpaired) electrons. The van der Waals surface area contributed by atoms with Crippen LogP contribution in [-0.2, 0) is 116 Å². The van der Waals surface area contributed by atoms with Crippen LogP contribution in [0.2, 0.25) is 0 Å². The summed E-state index contributed by atoms with van der Waals surface area (Å²) in [6, 6.07) is 8.76. The van der Waals surface area contributed by atoms with E-state index in [4.69, 9.17) is 66.3 Å². The van der Waals surface area contributed by atoms with Gasteiger partial charge in [-0.15, -0.1) is 0 Å². The molecule has 3 heterocycles. The van der Waals surface area contributed by atoms with Gasteiger partial charge in [0.15, 0.2) is 43.1 Å². The van der Waals surface area contributed by atoms with Crippen molar-refractivity contribution in [2.45, 2.75) is 143 Å². The van der Waals surface area contributed by atoms with Crippen molar-refractivity contribution >= 4 is 59.8 Å². The third-order valence-electron chi connectivity index (χ3n) is 10.1. The van der Waals surface area contributed by atoms with Crippen molar-refractivity contribution in [3.63, 3.8) is 0 Å². The van der Waals surface area contributed by atoms with Crippen LogP contribution >= 0.6 is 0 Å². The Labute approximate surface area is 395 Å². The molecule has 0 saturated carbocycles. The molecule has 1 aromatic carbocycles. The molecule has 0 aliphatic carbocycles. The molecule has 3 aliphatic rings. The Bertz CT molecular complexity index is 2010. The van der Waals surface area contributed by atoms with Crippen molar-refractivity contribution in [1.82, 2.24) is 4.90 Å². The first-order valence-electron chi connectivity index (χ1n) is 21.5. The fraction of sp³-hybridized carbons (Fsp3) is 0.636. The standard InChI is InChI=1S/C44H57NO24/c1-21(46)56-18-31-15-45(44(55)59-17-30-13-11-10-12-14-30)16-32(60-24(4)49)35(31)68-42-41(65-29(9)54)39(63-27(7)52)37(34(67-42)20-58-23(3)48)69-43-40(64-28(8)53)38(62-26(6)51)36(61-25(5)50)33(66-43)19-57-22(2)47/h10-14,31-43H,15-20H2,1-9H3/t31-,32-,33-,34-,35-,36-,37-,38+,39+,40-,41-,42+,43+/m1/s1. The monoisotopic (exact) mass is 983 g/mol. The minimum absolute atomic E-state index is 0.120. The Morgan fingerprint density at radius 2 is 0.855 bits per heavy atom. The first-order valence-corrected chi connectivity index (χ1v) is 21.5. The van der Waals surface area contributed by atoms with Crippen LogP contribution in [0.1, 0.15) is 67.9 Å². The summed E-state index contributed by atoms with van der Waals surface area (Å²) >= 11 is 0. The van der Waals surface area contributed by atoms with Gasteiger partial charge in [-0.1, -0.05) is 30.3 Å². The highest BCUT2D eigenvalue weighted by atomic mass is 16.8. The van der Waals surface area contributed by atoms with Crippen molar-refractivity contribution < 1.29 is 114 Å². The molecule has 25 heteroatoms. The smallest absolute Gasteiger partial charge is 0.410 e. The second-order valence-corrected chi connectivity index (χ2v) is 15.9. The molecule has 0 unspecified atom stereocenters. The highest BCUT2D eigenvalue weighted by molar-refractivity contribution is 5.70. The summed E-state index contributed by atoms with van der Waals surface area (Å²) in [5.41, 5.74) is 0.671. The number of rotatable bonds is 18. The summed E-state index contributed by atoms with van der Waals surface area (Å²) in [5, 5.41) is 0. The van der Waals surface area contributed by atoms with Crippen LogP contribution in [0, 0.1) is 5.92 Å². The zero-order valence-electron chi connectivity index (χ0n) is 39.4. The average Bonchev–Trinajstić information content (AvgIpc) is 3.24. The van der Waals surface area contributed by atoms with E-state index in [-0.39, 0.29) is 19.7 Å². The lowest BCUT2D eigenvalue weighted by atomic mass is 9.92. The second kappa shape index (κ2) is 25.8. The zero-order valence-corrected chi connectivity index (χ0v) is 39.4. The molecule has 0 N–H and O–H groups in total. The fourth-order valence-electron chi connectivity index (χ4n) is 7.67. The lowest BCUT2D eigenvalue weighted by Crippen LogP contribution is -2.68. The molecule has 13 atom stereocenters. The summed E-state index contributed by atoms with van der Waals surface area (Å²) < 4.78 is 80.4. The van der Waals surface area contributed by atoms with Crippen LogP contribution in [-0.4, -0.2) is 171 Å². The van der Waals surface area contributed by atoms with E-state index in [2.05, 4.69) is 0 Å². The quantitative estimate of drug-likeness (QED) is 0.145. The van der Waals surface area contributed by atoms with Gasteiger partial charge in [0.1, 0.15) is 50.3 Å². The summed E-state index contributed by atoms with van der Waals surface area (Å²) in [7, 11) is 0. The zero-order chi connectivity index (χ0) is 51.1. The van der Waals surface area contributed by atoms with Gasteiger partial charge in [0.2, 0.25) is 0 Å². The van der Waals surface area contributed by atoms with Gasteiger partial charge >= 0.3 is 59.8 Å². The Balaban J connectivity index is 1.82. The van der Waals surface area contributed by atoms with Gasteiger partial charge in [0.25, 0.3) is 0 Å². The number of benzene rings is 1. The predicted octanol–water partition coefficient (Wildman–Crippen LogP) is 0.755. The number of piperidine rings is 1. The van der Waals surface area contributed by atoms with Gasteiger partial charge in [-0.2, -0.15) is 0 Å². The van der Waals surface area contributed by atoms with E-state index in [0.29, 0.717) is 5.56 Å². The van der Waals surface area contributed by atoms with Crippen LogP contribution in [0.4, 0.5) is 4.79 Å². The molecule has 3 fully saturated rings. The number of nitrogens with zero attached hydrogens (tertiary/aromatic N) is 1. The van der Waals surface area contributed by atoms with Gasteiger partial charge < -0.3 is 71.2 Å². The number of likely N-dealkylation sites (tertiary alicyclic amines) is 1. The number of esters is 9. The lowest BCUT2D eigenvalue weighted by Gasteiger charge is -2.50. The summed E-state index contributed by atoms with van der Waals surface area (Å²) in [6.45, 7) is 6.79. The molecule has 25 nitrogen and oxygen atoms in total. The van der Waals surface area contributed by atoms with Gasteiger partial charge in [-0.25, -0.2) is 4.79 Å². The second-order valence-electron chi connectivity index (χ2n) is 15.9. The summed E-state index contributed by atoms with van der Waals surface area (Å²) in [4.78, 5) is 127. The summed E-state index contributed by atoms with van der Waals surface area (Å²) in [6.07, 6.45) is -21.2. The molecule has 4 rings (SSSR count). The van der Waals surface area contributed by atoms with E-state index in [1.165, 1.54) is 4.90 Å². The first-order chi connectivity index (χ1) is 32.5. The molecule has 382 valence electrons. The number of amides is 1. The minimum Gasteiger partial charge on any atom is -0.465 e. The number of carbonyl (C=O) groups is 10. The van der Waals surface area contributed by atoms with Crippen molar-refractivity contribution in [1.29, 1.82) is 0 Å². The normalized spacial score (nSPS) is 28.6. The highest BCUT2D eigenvalue weighted by Gasteiger charge is 2.59. The molecule has 0 bridgehead atoms. The molecule has 3 saturated heterocycles.